The summed E-state index contributed by atoms with van der Waals surface area (Å²) in [5.41, 5.74) is 5.86. The summed E-state index contributed by atoms with van der Waals surface area (Å²) in [7, 11) is 0. The summed E-state index contributed by atoms with van der Waals surface area (Å²) in [5.74, 6) is 0.0608. The van der Waals surface area contributed by atoms with E-state index in [2.05, 4.69) is 12.2 Å². The van der Waals surface area contributed by atoms with E-state index in [0.717, 1.165) is 6.54 Å². The van der Waals surface area contributed by atoms with Crippen LogP contribution in [0.15, 0.2) is 0 Å². The minimum Gasteiger partial charge on any atom is -0.377 e. The summed E-state index contributed by atoms with van der Waals surface area (Å²) in [6.07, 6.45) is 6.59. The van der Waals surface area contributed by atoms with Crippen molar-refractivity contribution in [2.75, 3.05) is 19.7 Å². The Balaban J connectivity index is 2.27. The molecule has 0 aromatic carbocycles. The fourth-order valence-electron chi connectivity index (χ4n) is 2.62. The number of nitrogens with two attached hydrogens (primary N) is 1. The highest BCUT2D eigenvalue weighted by atomic mass is 16.5. The third kappa shape index (κ3) is 5.36. The van der Waals surface area contributed by atoms with E-state index in [1.807, 2.05) is 6.92 Å². The van der Waals surface area contributed by atoms with Gasteiger partial charge in [0, 0.05) is 19.7 Å². The third-order valence-corrected chi connectivity index (χ3v) is 3.85. The molecule has 4 nitrogen and oxygen atoms in total. The van der Waals surface area contributed by atoms with Gasteiger partial charge in [0.25, 0.3) is 0 Å². The summed E-state index contributed by atoms with van der Waals surface area (Å²) in [5, 5.41) is 3.04. The number of amides is 1. The van der Waals surface area contributed by atoms with Gasteiger partial charge < -0.3 is 15.8 Å². The SMILES string of the molecule is CCOC(CN)CC(=O)NCC1(C)CCCCC1. The second-order valence-corrected chi connectivity index (χ2v) is 5.67. The van der Waals surface area contributed by atoms with E-state index in [9.17, 15) is 4.79 Å². The third-order valence-electron chi connectivity index (χ3n) is 3.85. The molecule has 0 spiro atoms. The van der Waals surface area contributed by atoms with Gasteiger partial charge >= 0.3 is 0 Å². The standard InChI is InChI=1S/C14H28N2O2/c1-3-18-12(10-15)9-13(17)16-11-14(2)7-5-4-6-8-14/h12H,3-11,15H2,1-2H3,(H,16,17). The van der Waals surface area contributed by atoms with Crippen LogP contribution in [0.5, 0.6) is 0 Å². The Hall–Kier alpha value is -0.610. The van der Waals surface area contributed by atoms with Crippen molar-refractivity contribution in [3.63, 3.8) is 0 Å². The molecule has 1 rings (SSSR count). The molecule has 0 heterocycles. The van der Waals surface area contributed by atoms with Crippen LogP contribution < -0.4 is 11.1 Å². The Morgan fingerprint density at radius 3 is 2.61 bits per heavy atom. The molecule has 0 aromatic rings. The lowest BCUT2D eigenvalue weighted by atomic mass is 9.76. The molecule has 106 valence electrons. The van der Waals surface area contributed by atoms with Crippen molar-refractivity contribution in [3.05, 3.63) is 0 Å². The minimum atomic E-state index is -0.144. The van der Waals surface area contributed by atoms with Crippen LogP contribution in [0.1, 0.15) is 52.4 Å². The summed E-state index contributed by atoms with van der Waals surface area (Å²) < 4.78 is 5.39. The number of rotatable bonds is 7. The van der Waals surface area contributed by atoms with Crippen LogP contribution >= 0.6 is 0 Å². The number of ether oxygens (including phenoxy) is 1. The van der Waals surface area contributed by atoms with E-state index in [1.165, 1.54) is 32.1 Å². The van der Waals surface area contributed by atoms with Crippen LogP contribution in [0.3, 0.4) is 0 Å². The van der Waals surface area contributed by atoms with Crippen molar-refractivity contribution in [1.29, 1.82) is 0 Å². The second-order valence-electron chi connectivity index (χ2n) is 5.67. The lowest BCUT2D eigenvalue weighted by Gasteiger charge is -2.33. The second kappa shape index (κ2) is 7.74. The van der Waals surface area contributed by atoms with E-state index in [0.29, 0.717) is 19.6 Å². The van der Waals surface area contributed by atoms with Crippen LogP contribution in [-0.2, 0) is 9.53 Å². The van der Waals surface area contributed by atoms with E-state index in [4.69, 9.17) is 10.5 Å². The highest BCUT2D eigenvalue weighted by Crippen LogP contribution is 2.34. The summed E-state index contributed by atoms with van der Waals surface area (Å²) in [4.78, 5) is 11.8. The molecule has 0 saturated heterocycles. The van der Waals surface area contributed by atoms with E-state index in [-0.39, 0.29) is 17.4 Å². The molecule has 18 heavy (non-hydrogen) atoms. The largest absolute Gasteiger partial charge is 0.377 e. The number of carbonyl (C=O) groups excluding carboxylic acids is 1. The van der Waals surface area contributed by atoms with Crippen molar-refractivity contribution >= 4 is 5.91 Å². The van der Waals surface area contributed by atoms with Crippen molar-refractivity contribution in [2.24, 2.45) is 11.1 Å². The average Bonchev–Trinajstić information content (AvgIpc) is 2.37. The summed E-state index contributed by atoms with van der Waals surface area (Å²) >= 11 is 0. The summed E-state index contributed by atoms with van der Waals surface area (Å²) in [6, 6.07) is 0. The highest BCUT2D eigenvalue weighted by molar-refractivity contribution is 5.76. The van der Waals surface area contributed by atoms with Crippen molar-refractivity contribution in [3.8, 4) is 0 Å². The number of nitrogens with one attached hydrogen (secondary N) is 1. The fraction of sp³-hybridized carbons (Fsp3) is 0.929. The minimum absolute atomic E-state index is 0.0608. The maximum atomic E-state index is 11.8. The quantitative estimate of drug-likeness (QED) is 0.730. The van der Waals surface area contributed by atoms with Gasteiger partial charge in [-0.25, -0.2) is 0 Å². The van der Waals surface area contributed by atoms with Gasteiger partial charge in [0.2, 0.25) is 5.91 Å². The average molecular weight is 256 g/mol. The summed E-state index contributed by atoms with van der Waals surface area (Å²) in [6.45, 7) is 5.99. The molecule has 1 aliphatic rings. The lowest BCUT2D eigenvalue weighted by molar-refractivity contribution is -0.124. The molecular weight excluding hydrogens is 228 g/mol. The van der Waals surface area contributed by atoms with Crippen LogP contribution in [0, 0.1) is 5.41 Å². The first-order chi connectivity index (χ1) is 8.59. The van der Waals surface area contributed by atoms with E-state index in [1.54, 1.807) is 0 Å². The predicted octanol–water partition coefficient (Wildman–Crippen LogP) is 1.83. The van der Waals surface area contributed by atoms with E-state index >= 15 is 0 Å². The zero-order chi connectivity index (χ0) is 13.4. The Kier molecular flexibility index (Phi) is 6.65. The van der Waals surface area contributed by atoms with Gasteiger partial charge in [0.15, 0.2) is 0 Å². The molecule has 4 heteroatoms. The Labute approximate surface area is 111 Å². The molecule has 0 aliphatic heterocycles. The molecule has 0 bridgehead atoms. The molecule has 1 saturated carbocycles. The monoisotopic (exact) mass is 256 g/mol. The zero-order valence-electron chi connectivity index (χ0n) is 11.8. The lowest BCUT2D eigenvalue weighted by Crippen LogP contribution is -2.39. The molecule has 1 aliphatic carbocycles. The molecule has 0 radical (unpaired) electrons. The van der Waals surface area contributed by atoms with Crippen LogP contribution in [0.25, 0.3) is 0 Å². The van der Waals surface area contributed by atoms with Gasteiger partial charge in [-0.1, -0.05) is 26.2 Å². The van der Waals surface area contributed by atoms with Crippen LogP contribution in [0.4, 0.5) is 0 Å². The van der Waals surface area contributed by atoms with Crippen molar-refractivity contribution in [1.82, 2.24) is 5.32 Å². The molecule has 1 unspecified atom stereocenters. The zero-order valence-corrected chi connectivity index (χ0v) is 11.8. The normalized spacial score (nSPS) is 20.4. The predicted molar refractivity (Wildman–Crippen MR) is 73.3 cm³/mol. The van der Waals surface area contributed by atoms with E-state index < -0.39 is 0 Å². The van der Waals surface area contributed by atoms with Crippen molar-refractivity contribution in [2.45, 2.75) is 58.5 Å². The smallest absolute Gasteiger partial charge is 0.222 e. The first-order valence-electron chi connectivity index (χ1n) is 7.18. The van der Waals surface area contributed by atoms with Crippen molar-refractivity contribution < 1.29 is 9.53 Å². The molecule has 3 N–H and O–H groups in total. The fourth-order valence-corrected chi connectivity index (χ4v) is 2.62. The molecule has 1 fully saturated rings. The maximum Gasteiger partial charge on any atom is 0.222 e. The first kappa shape index (κ1) is 15.4. The topological polar surface area (TPSA) is 64.3 Å². The van der Waals surface area contributed by atoms with Crippen LogP contribution in [-0.4, -0.2) is 31.7 Å². The van der Waals surface area contributed by atoms with Gasteiger partial charge in [-0.3, -0.25) is 4.79 Å². The number of carbonyl (C=O) groups is 1. The van der Waals surface area contributed by atoms with Gasteiger partial charge in [-0.2, -0.15) is 0 Å². The molecule has 0 aromatic heterocycles. The Morgan fingerprint density at radius 1 is 1.39 bits per heavy atom. The molecule has 1 atom stereocenters. The Bertz CT molecular complexity index is 250. The highest BCUT2D eigenvalue weighted by Gasteiger charge is 2.27. The van der Waals surface area contributed by atoms with Gasteiger partial charge in [-0.05, 0) is 25.2 Å². The maximum absolute atomic E-state index is 11.8. The molecular formula is C14H28N2O2. The Morgan fingerprint density at radius 2 is 2.06 bits per heavy atom. The van der Waals surface area contributed by atoms with Crippen LogP contribution in [0.2, 0.25) is 0 Å². The van der Waals surface area contributed by atoms with Gasteiger partial charge in [0.1, 0.15) is 0 Å². The number of hydrogen-bond acceptors (Lipinski definition) is 3. The first-order valence-corrected chi connectivity index (χ1v) is 7.18. The van der Waals surface area contributed by atoms with Gasteiger partial charge in [0.05, 0.1) is 12.5 Å². The van der Waals surface area contributed by atoms with Gasteiger partial charge in [-0.15, -0.1) is 0 Å². The number of hydrogen-bond donors (Lipinski definition) is 2. The molecule has 1 amide bonds.